The van der Waals surface area contributed by atoms with Gasteiger partial charge in [-0.25, -0.2) is 0 Å². The Morgan fingerprint density at radius 2 is 1.48 bits per heavy atom. The summed E-state index contributed by atoms with van der Waals surface area (Å²) in [4.78, 5) is 17.1. The van der Waals surface area contributed by atoms with Crippen LogP contribution in [0.4, 0.5) is 0 Å². The van der Waals surface area contributed by atoms with Crippen LogP contribution in [0.25, 0.3) is 5.69 Å². The summed E-state index contributed by atoms with van der Waals surface area (Å²) < 4.78 is 12.8. The number of carbonyl (C=O) groups is 1. The van der Waals surface area contributed by atoms with Crippen LogP contribution in [0.1, 0.15) is 11.1 Å². The Balaban J connectivity index is 1.28. The molecule has 0 atom stereocenters. The predicted molar refractivity (Wildman–Crippen MR) is 121 cm³/mol. The standard InChI is InChI=1S/C25H29N3O3/c1-30-23-10-7-21(17-24(23)31-2)19-26-13-15-28(16-14-26)25(29)18-20-5-8-22(9-6-20)27-11-3-4-12-27/h3-12,17H,13-16,18-19H2,1-2H3. The summed E-state index contributed by atoms with van der Waals surface area (Å²) >= 11 is 0. The topological polar surface area (TPSA) is 46.9 Å². The molecule has 6 heteroatoms. The van der Waals surface area contributed by atoms with Gasteiger partial charge in [-0.2, -0.15) is 0 Å². The second-order valence-corrected chi connectivity index (χ2v) is 7.78. The van der Waals surface area contributed by atoms with Crippen LogP contribution >= 0.6 is 0 Å². The highest BCUT2D eigenvalue weighted by Gasteiger charge is 2.21. The third-order valence-corrected chi connectivity index (χ3v) is 5.77. The minimum absolute atomic E-state index is 0.194. The molecule has 2 aromatic carbocycles. The molecule has 0 radical (unpaired) electrons. The highest BCUT2D eigenvalue weighted by molar-refractivity contribution is 5.79. The first kappa shape index (κ1) is 21.0. The smallest absolute Gasteiger partial charge is 0.227 e. The average Bonchev–Trinajstić information content (AvgIpc) is 3.35. The van der Waals surface area contributed by atoms with Crippen molar-refractivity contribution in [2.24, 2.45) is 0 Å². The van der Waals surface area contributed by atoms with E-state index in [-0.39, 0.29) is 5.91 Å². The van der Waals surface area contributed by atoms with Crippen molar-refractivity contribution in [3.63, 3.8) is 0 Å². The van der Waals surface area contributed by atoms with Gasteiger partial charge in [0.15, 0.2) is 11.5 Å². The lowest BCUT2D eigenvalue weighted by Gasteiger charge is -2.35. The van der Waals surface area contributed by atoms with E-state index < -0.39 is 0 Å². The maximum absolute atomic E-state index is 12.8. The molecule has 0 spiro atoms. The molecule has 4 rings (SSSR count). The van der Waals surface area contributed by atoms with Crippen molar-refractivity contribution in [2.75, 3.05) is 40.4 Å². The fraction of sp³-hybridized carbons (Fsp3) is 0.320. The number of methoxy groups -OCH3 is 2. The first-order valence-corrected chi connectivity index (χ1v) is 10.6. The van der Waals surface area contributed by atoms with Gasteiger partial charge >= 0.3 is 0 Å². The molecule has 1 fully saturated rings. The molecular weight excluding hydrogens is 390 g/mol. The van der Waals surface area contributed by atoms with Gasteiger partial charge in [0.05, 0.1) is 20.6 Å². The molecule has 6 nitrogen and oxygen atoms in total. The van der Waals surface area contributed by atoms with E-state index in [1.807, 2.05) is 53.7 Å². The van der Waals surface area contributed by atoms with Crippen LogP contribution in [-0.4, -0.2) is 60.7 Å². The Morgan fingerprint density at radius 1 is 0.839 bits per heavy atom. The Morgan fingerprint density at radius 3 is 2.13 bits per heavy atom. The number of hydrogen-bond donors (Lipinski definition) is 0. The van der Waals surface area contributed by atoms with Gasteiger partial charge in [-0.15, -0.1) is 0 Å². The fourth-order valence-corrected chi connectivity index (χ4v) is 3.97. The highest BCUT2D eigenvalue weighted by Crippen LogP contribution is 2.28. The highest BCUT2D eigenvalue weighted by atomic mass is 16.5. The van der Waals surface area contributed by atoms with E-state index in [9.17, 15) is 4.79 Å². The van der Waals surface area contributed by atoms with Gasteiger partial charge in [-0.3, -0.25) is 9.69 Å². The van der Waals surface area contributed by atoms with Gasteiger partial charge < -0.3 is 18.9 Å². The van der Waals surface area contributed by atoms with Crippen LogP contribution < -0.4 is 9.47 Å². The van der Waals surface area contributed by atoms with Crippen molar-refractivity contribution >= 4 is 5.91 Å². The summed E-state index contributed by atoms with van der Waals surface area (Å²) in [5.74, 6) is 1.68. The van der Waals surface area contributed by atoms with E-state index in [2.05, 4.69) is 27.7 Å². The summed E-state index contributed by atoms with van der Waals surface area (Å²) in [5, 5.41) is 0. The molecule has 31 heavy (non-hydrogen) atoms. The zero-order chi connectivity index (χ0) is 21.6. The number of amides is 1. The van der Waals surface area contributed by atoms with E-state index in [0.29, 0.717) is 6.42 Å². The number of rotatable bonds is 7. The molecule has 3 aromatic rings. The third-order valence-electron chi connectivity index (χ3n) is 5.77. The molecule has 0 bridgehead atoms. The molecule has 0 saturated carbocycles. The maximum Gasteiger partial charge on any atom is 0.227 e. The number of ether oxygens (including phenoxy) is 2. The fourth-order valence-electron chi connectivity index (χ4n) is 3.97. The lowest BCUT2D eigenvalue weighted by molar-refractivity contribution is -0.132. The normalized spacial score (nSPS) is 14.5. The van der Waals surface area contributed by atoms with E-state index in [1.165, 1.54) is 5.56 Å². The van der Waals surface area contributed by atoms with E-state index in [4.69, 9.17) is 9.47 Å². The lowest BCUT2D eigenvalue weighted by atomic mass is 10.1. The monoisotopic (exact) mass is 419 g/mol. The number of aromatic nitrogens is 1. The maximum atomic E-state index is 12.8. The lowest BCUT2D eigenvalue weighted by Crippen LogP contribution is -2.48. The summed E-state index contributed by atoms with van der Waals surface area (Å²) in [6, 6.07) is 18.2. The quantitative estimate of drug-likeness (QED) is 0.589. The van der Waals surface area contributed by atoms with Crippen LogP contribution in [0.15, 0.2) is 67.0 Å². The zero-order valence-corrected chi connectivity index (χ0v) is 18.2. The Kier molecular flexibility index (Phi) is 6.57. The van der Waals surface area contributed by atoms with Gasteiger partial charge in [0, 0.05) is 50.8 Å². The predicted octanol–water partition coefficient (Wildman–Crippen LogP) is 3.38. The zero-order valence-electron chi connectivity index (χ0n) is 18.2. The molecule has 0 unspecified atom stereocenters. The summed E-state index contributed by atoms with van der Waals surface area (Å²) in [5.41, 5.74) is 3.33. The number of nitrogens with zero attached hydrogens (tertiary/aromatic N) is 3. The van der Waals surface area contributed by atoms with Crippen LogP contribution in [0.5, 0.6) is 11.5 Å². The molecule has 0 N–H and O–H groups in total. The van der Waals surface area contributed by atoms with Crippen LogP contribution in [-0.2, 0) is 17.8 Å². The van der Waals surface area contributed by atoms with Gasteiger partial charge in [-0.05, 0) is 47.5 Å². The molecular formula is C25H29N3O3. The first-order valence-electron chi connectivity index (χ1n) is 10.6. The van der Waals surface area contributed by atoms with E-state index >= 15 is 0 Å². The van der Waals surface area contributed by atoms with Crippen LogP contribution in [0.3, 0.4) is 0 Å². The average molecular weight is 420 g/mol. The van der Waals surface area contributed by atoms with Crippen molar-refractivity contribution < 1.29 is 14.3 Å². The second kappa shape index (κ2) is 9.71. The number of piperazine rings is 1. The van der Waals surface area contributed by atoms with Crippen molar-refractivity contribution in [2.45, 2.75) is 13.0 Å². The number of carbonyl (C=O) groups excluding carboxylic acids is 1. The molecule has 1 aromatic heterocycles. The Hall–Kier alpha value is -3.25. The van der Waals surface area contributed by atoms with E-state index in [1.54, 1.807) is 14.2 Å². The van der Waals surface area contributed by atoms with Crippen molar-refractivity contribution in [3.05, 3.63) is 78.1 Å². The number of benzene rings is 2. The third kappa shape index (κ3) is 5.09. The molecule has 1 aliphatic rings. The SMILES string of the molecule is COc1ccc(CN2CCN(C(=O)Cc3ccc(-n4cccc4)cc3)CC2)cc1OC. The largest absolute Gasteiger partial charge is 0.493 e. The van der Waals surface area contributed by atoms with Gasteiger partial charge in [0.2, 0.25) is 5.91 Å². The second-order valence-electron chi connectivity index (χ2n) is 7.78. The van der Waals surface area contributed by atoms with E-state index in [0.717, 1.165) is 55.5 Å². The minimum atomic E-state index is 0.194. The van der Waals surface area contributed by atoms with Gasteiger partial charge in [0.1, 0.15) is 0 Å². The molecule has 1 amide bonds. The molecule has 162 valence electrons. The first-order chi connectivity index (χ1) is 15.2. The molecule has 1 aliphatic heterocycles. The Bertz CT molecular complexity index is 991. The van der Waals surface area contributed by atoms with Crippen molar-refractivity contribution in [3.8, 4) is 17.2 Å². The Labute approximate surface area is 183 Å². The van der Waals surface area contributed by atoms with Crippen LogP contribution in [0.2, 0.25) is 0 Å². The van der Waals surface area contributed by atoms with Crippen molar-refractivity contribution in [1.29, 1.82) is 0 Å². The summed E-state index contributed by atoms with van der Waals surface area (Å²) in [6.45, 7) is 4.09. The number of hydrogen-bond acceptors (Lipinski definition) is 4. The summed E-state index contributed by atoms with van der Waals surface area (Å²) in [6.07, 6.45) is 4.48. The van der Waals surface area contributed by atoms with Crippen molar-refractivity contribution in [1.82, 2.24) is 14.4 Å². The molecule has 2 heterocycles. The van der Waals surface area contributed by atoms with Crippen LogP contribution in [0, 0.1) is 0 Å². The molecule has 0 aliphatic carbocycles. The minimum Gasteiger partial charge on any atom is -0.493 e. The van der Waals surface area contributed by atoms with Gasteiger partial charge in [-0.1, -0.05) is 18.2 Å². The summed E-state index contributed by atoms with van der Waals surface area (Å²) in [7, 11) is 3.30. The molecule has 1 saturated heterocycles. The van der Waals surface area contributed by atoms with Gasteiger partial charge in [0.25, 0.3) is 0 Å².